The number of aliphatic hydroxyl groups is 1. The Hall–Kier alpha value is -0.0800. The van der Waals surface area contributed by atoms with E-state index >= 15 is 0 Å². The summed E-state index contributed by atoms with van der Waals surface area (Å²) >= 11 is 0. The molecule has 0 saturated carbocycles. The van der Waals surface area contributed by atoms with E-state index in [1.54, 1.807) is 6.92 Å². The van der Waals surface area contributed by atoms with E-state index < -0.39 is 0 Å². The third kappa shape index (κ3) is 5.92. The summed E-state index contributed by atoms with van der Waals surface area (Å²) in [5, 5.41) is 8.68. The van der Waals surface area contributed by atoms with Crippen molar-refractivity contribution in [1.82, 2.24) is 4.90 Å². The van der Waals surface area contributed by atoms with Crippen LogP contribution in [0.2, 0.25) is 0 Å². The number of hydrogen-bond donors (Lipinski definition) is 1. The molecule has 0 aliphatic rings. The van der Waals surface area contributed by atoms with E-state index in [1.807, 2.05) is 19.0 Å². The smallest absolute Gasteiger partial charge is 0.0638 e. The zero-order chi connectivity index (χ0) is 5.86. The molecule has 1 N–H and O–H groups in total. The average molecular weight is 103 g/mol. The Labute approximate surface area is 44.8 Å². The SMILES string of the molecule is C[C@H](O)CN(C)C. The van der Waals surface area contributed by atoms with Gasteiger partial charge in [0.05, 0.1) is 6.10 Å². The highest BCUT2D eigenvalue weighted by Gasteiger charge is 1.93. The molecule has 0 unspecified atom stereocenters. The molecule has 0 heterocycles. The van der Waals surface area contributed by atoms with Crippen LogP contribution in [-0.4, -0.2) is 36.8 Å². The molecule has 0 aromatic carbocycles. The van der Waals surface area contributed by atoms with Gasteiger partial charge in [-0.1, -0.05) is 0 Å². The molecule has 0 aromatic rings. The maximum atomic E-state index is 8.68. The first kappa shape index (κ1) is 6.92. The molecular weight excluding hydrogens is 90.1 g/mol. The highest BCUT2D eigenvalue weighted by Crippen LogP contribution is 1.80. The highest BCUT2D eigenvalue weighted by atomic mass is 16.3. The van der Waals surface area contributed by atoms with E-state index in [-0.39, 0.29) is 6.10 Å². The second kappa shape index (κ2) is 2.99. The van der Waals surface area contributed by atoms with Gasteiger partial charge in [0.2, 0.25) is 0 Å². The van der Waals surface area contributed by atoms with Crippen molar-refractivity contribution in [3.63, 3.8) is 0 Å². The maximum absolute atomic E-state index is 8.68. The first-order valence-electron chi connectivity index (χ1n) is 2.45. The molecule has 0 radical (unpaired) electrons. The molecule has 44 valence electrons. The maximum Gasteiger partial charge on any atom is 0.0638 e. The molecule has 0 aliphatic heterocycles. The summed E-state index contributed by atoms with van der Waals surface area (Å²) < 4.78 is 0. The van der Waals surface area contributed by atoms with Crippen molar-refractivity contribution in [1.29, 1.82) is 0 Å². The summed E-state index contributed by atoms with van der Waals surface area (Å²) in [6.07, 6.45) is -0.199. The zero-order valence-corrected chi connectivity index (χ0v) is 5.18. The largest absolute Gasteiger partial charge is 0.392 e. The first-order chi connectivity index (χ1) is 3.13. The second-order valence-corrected chi connectivity index (χ2v) is 2.11. The lowest BCUT2D eigenvalue weighted by atomic mass is 10.4. The Balaban J connectivity index is 2.95. The Morgan fingerprint density at radius 3 is 2.00 bits per heavy atom. The van der Waals surface area contributed by atoms with Crippen LogP contribution in [0.1, 0.15) is 6.92 Å². The number of aliphatic hydroxyl groups excluding tert-OH is 1. The fourth-order valence-corrected chi connectivity index (χ4v) is 0.528. The molecular formula is C5H13NO. The lowest BCUT2D eigenvalue weighted by Crippen LogP contribution is -2.22. The Kier molecular flexibility index (Phi) is 2.96. The van der Waals surface area contributed by atoms with Gasteiger partial charge in [0.1, 0.15) is 0 Å². The van der Waals surface area contributed by atoms with Crippen molar-refractivity contribution in [3.05, 3.63) is 0 Å². The van der Waals surface area contributed by atoms with Gasteiger partial charge in [-0.25, -0.2) is 0 Å². The average Bonchev–Trinajstić information content (AvgIpc) is 1.27. The van der Waals surface area contributed by atoms with Gasteiger partial charge in [-0.3, -0.25) is 0 Å². The Bertz CT molecular complexity index is 37.3. The summed E-state index contributed by atoms with van der Waals surface area (Å²) in [6, 6.07) is 0. The van der Waals surface area contributed by atoms with Gasteiger partial charge < -0.3 is 10.0 Å². The number of likely N-dealkylation sites (N-methyl/N-ethyl adjacent to an activating group) is 1. The van der Waals surface area contributed by atoms with Crippen molar-refractivity contribution < 1.29 is 5.11 Å². The standard InChI is InChI=1S/C5H13NO/c1-5(7)4-6(2)3/h5,7H,4H2,1-3H3/t5-/m0/s1. The van der Waals surface area contributed by atoms with E-state index in [2.05, 4.69) is 0 Å². The van der Waals surface area contributed by atoms with E-state index in [1.165, 1.54) is 0 Å². The fourth-order valence-electron chi connectivity index (χ4n) is 0.528. The van der Waals surface area contributed by atoms with Crippen molar-refractivity contribution in [2.75, 3.05) is 20.6 Å². The molecule has 0 spiro atoms. The molecule has 2 heteroatoms. The minimum atomic E-state index is -0.199. The number of rotatable bonds is 2. The van der Waals surface area contributed by atoms with Crippen molar-refractivity contribution in [2.45, 2.75) is 13.0 Å². The van der Waals surface area contributed by atoms with Crippen LogP contribution in [0, 0.1) is 0 Å². The predicted octanol–water partition coefficient (Wildman–Crippen LogP) is -0.0712. The summed E-state index contributed by atoms with van der Waals surface area (Å²) in [5.74, 6) is 0. The second-order valence-electron chi connectivity index (χ2n) is 2.11. The molecule has 1 atom stereocenters. The highest BCUT2D eigenvalue weighted by molar-refractivity contribution is 4.48. The van der Waals surface area contributed by atoms with Gasteiger partial charge >= 0.3 is 0 Å². The quantitative estimate of drug-likeness (QED) is 0.529. The number of hydrogen-bond acceptors (Lipinski definition) is 2. The molecule has 2 nitrogen and oxygen atoms in total. The Morgan fingerprint density at radius 1 is 1.57 bits per heavy atom. The number of nitrogens with zero attached hydrogens (tertiary/aromatic N) is 1. The van der Waals surface area contributed by atoms with Crippen LogP contribution in [0.15, 0.2) is 0 Å². The summed E-state index contributed by atoms with van der Waals surface area (Å²) in [7, 11) is 3.87. The van der Waals surface area contributed by atoms with Gasteiger partial charge in [-0.2, -0.15) is 0 Å². The van der Waals surface area contributed by atoms with Crippen molar-refractivity contribution in [2.24, 2.45) is 0 Å². The molecule has 7 heavy (non-hydrogen) atoms. The summed E-state index contributed by atoms with van der Waals surface area (Å²) in [4.78, 5) is 1.95. The molecule has 0 bridgehead atoms. The van der Waals surface area contributed by atoms with Gasteiger partial charge in [0.25, 0.3) is 0 Å². The topological polar surface area (TPSA) is 23.5 Å². The van der Waals surface area contributed by atoms with E-state index in [0.717, 1.165) is 6.54 Å². The first-order valence-corrected chi connectivity index (χ1v) is 2.45. The van der Waals surface area contributed by atoms with Gasteiger partial charge in [-0.05, 0) is 21.0 Å². The minimum absolute atomic E-state index is 0.199. The third-order valence-electron chi connectivity index (χ3n) is 0.629. The summed E-state index contributed by atoms with van der Waals surface area (Å²) in [6.45, 7) is 2.53. The van der Waals surface area contributed by atoms with E-state index in [9.17, 15) is 0 Å². The van der Waals surface area contributed by atoms with Gasteiger partial charge in [0, 0.05) is 6.54 Å². The minimum Gasteiger partial charge on any atom is -0.392 e. The fraction of sp³-hybridized carbons (Fsp3) is 1.00. The molecule has 0 rings (SSSR count). The van der Waals surface area contributed by atoms with Crippen LogP contribution in [0.5, 0.6) is 0 Å². The third-order valence-corrected chi connectivity index (χ3v) is 0.629. The molecule has 0 aliphatic carbocycles. The van der Waals surface area contributed by atoms with Crippen LogP contribution < -0.4 is 0 Å². The molecule has 0 fully saturated rings. The normalized spacial score (nSPS) is 15.0. The van der Waals surface area contributed by atoms with Crippen LogP contribution in [-0.2, 0) is 0 Å². The van der Waals surface area contributed by atoms with E-state index in [0.29, 0.717) is 0 Å². The predicted molar refractivity (Wildman–Crippen MR) is 30.2 cm³/mol. The summed E-state index contributed by atoms with van der Waals surface area (Å²) in [5.41, 5.74) is 0. The van der Waals surface area contributed by atoms with E-state index in [4.69, 9.17) is 5.11 Å². The van der Waals surface area contributed by atoms with Gasteiger partial charge in [-0.15, -0.1) is 0 Å². The van der Waals surface area contributed by atoms with Crippen LogP contribution in [0.25, 0.3) is 0 Å². The van der Waals surface area contributed by atoms with Gasteiger partial charge in [0.15, 0.2) is 0 Å². The lowest BCUT2D eigenvalue weighted by Gasteiger charge is -2.10. The lowest BCUT2D eigenvalue weighted by molar-refractivity contribution is 0.154. The van der Waals surface area contributed by atoms with Crippen molar-refractivity contribution in [3.8, 4) is 0 Å². The monoisotopic (exact) mass is 103 g/mol. The molecule has 0 saturated heterocycles. The molecule has 0 amide bonds. The zero-order valence-electron chi connectivity index (χ0n) is 5.18. The van der Waals surface area contributed by atoms with Crippen molar-refractivity contribution >= 4 is 0 Å². The molecule has 0 aromatic heterocycles. The van der Waals surface area contributed by atoms with Crippen LogP contribution >= 0.6 is 0 Å². The Morgan fingerprint density at radius 2 is 2.00 bits per heavy atom. The van der Waals surface area contributed by atoms with Crippen LogP contribution in [0.3, 0.4) is 0 Å². The van der Waals surface area contributed by atoms with Crippen LogP contribution in [0.4, 0.5) is 0 Å².